The first-order chi connectivity index (χ1) is 16.7. The third-order valence-corrected chi connectivity index (χ3v) is 5.79. The topological polar surface area (TPSA) is 85.8 Å². The summed E-state index contributed by atoms with van der Waals surface area (Å²) < 4.78 is 47.1. The maximum Gasteiger partial charge on any atom is 0.416 e. The molecule has 4 rings (SSSR count). The van der Waals surface area contributed by atoms with Crippen LogP contribution in [0.3, 0.4) is 0 Å². The first-order valence-corrected chi connectivity index (χ1v) is 11.7. The summed E-state index contributed by atoms with van der Waals surface area (Å²) >= 11 is 1.19. The maximum atomic E-state index is 13.4. The molecule has 1 amide bonds. The molecule has 11 heteroatoms. The Balaban J connectivity index is 1.62. The van der Waals surface area contributed by atoms with E-state index in [9.17, 15) is 18.0 Å². The lowest BCUT2D eigenvalue weighted by Crippen LogP contribution is -2.27. The number of alkyl halides is 3. The Morgan fingerprint density at radius 3 is 2.60 bits per heavy atom. The number of carbonyl (C=O) groups is 1. The van der Waals surface area contributed by atoms with E-state index in [1.54, 1.807) is 22.8 Å². The van der Waals surface area contributed by atoms with Crippen LogP contribution in [0, 0.1) is 5.92 Å². The van der Waals surface area contributed by atoms with E-state index in [2.05, 4.69) is 20.5 Å². The number of benzene rings is 2. The Morgan fingerprint density at radius 1 is 1.11 bits per heavy atom. The fraction of sp³-hybridized carbons (Fsp3) is 0.250. The molecule has 0 saturated carbocycles. The second-order valence-corrected chi connectivity index (χ2v) is 9.02. The Kier molecular flexibility index (Phi) is 7.25. The van der Waals surface area contributed by atoms with Crippen LogP contribution >= 0.6 is 11.8 Å². The summed E-state index contributed by atoms with van der Waals surface area (Å²) in [6.07, 6.45) is -3.21. The van der Waals surface area contributed by atoms with Gasteiger partial charge in [-0.15, -0.1) is 10.2 Å². The van der Waals surface area contributed by atoms with Crippen LogP contribution in [0.4, 0.5) is 13.2 Å². The van der Waals surface area contributed by atoms with E-state index in [0.29, 0.717) is 29.0 Å². The summed E-state index contributed by atoms with van der Waals surface area (Å²) in [4.78, 5) is 16.4. The van der Waals surface area contributed by atoms with Gasteiger partial charge in [-0.3, -0.25) is 9.36 Å². The quantitative estimate of drug-likeness (QED) is 0.316. The van der Waals surface area contributed by atoms with Crippen LogP contribution in [0.2, 0.25) is 0 Å². The van der Waals surface area contributed by atoms with E-state index in [4.69, 9.17) is 4.42 Å². The van der Waals surface area contributed by atoms with E-state index >= 15 is 0 Å². The molecule has 35 heavy (non-hydrogen) atoms. The molecule has 2 heterocycles. The van der Waals surface area contributed by atoms with Gasteiger partial charge in [0.1, 0.15) is 6.26 Å². The van der Waals surface area contributed by atoms with Crippen LogP contribution in [0.25, 0.3) is 17.1 Å². The first-order valence-electron chi connectivity index (χ1n) is 10.8. The molecule has 0 fully saturated rings. The smallest absolute Gasteiger partial charge is 0.416 e. The third-order valence-electron chi connectivity index (χ3n) is 4.88. The molecule has 2 aromatic heterocycles. The normalized spacial score (nSPS) is 11.7. The Hall–Kier alpha value is -3.60. The number of hydrogen-bond acceptors (Lipinski definition) is 6. The summed E-state index contributed by atoms with van der Waals surface area (Å²) in [5.74, 6) is 0.834. The summed E-state index contributed by atoms with van der Waals surface area (Å²) in [5.41, 5.74) is 0.353. The molecule has 0 radical (unpaired) electrons. The third kappa shape index (κ3) is 5.91. The number of oxazole rings is 1. The summed E-state index contributed by atoms with van der Waals surface area (Å²) in [6.45, 7) is 4.48. The molecule has 7 nitrogen and oxygen atoms in total. The van der Waals surface area contributed by atoms with Crippen LogP contribution in [-0.2, 0) is 11.9 Å². The van der Waals surface area contributed by atoms with E-state index in [0.717, 1.165) is 12.1 Å². The highest BCUT2D eigenvalue weighted by atomic mass is 32.2. The molecule has 0 aliphatic carbocycles. The number of rotatable bonds is 8. The SMILES string of the molecule is CC(C)CNC(=O)c1coc(CSc2nnc(-c3ccccc3)n2-c2cccc(C(F)(F)F)c2)n1. The van der Waals surface area contributed by atoms with Gasteiger partial charge < -0.3 is 9.73 Å². The predicted molar refractivity (Wildman–Crippen MR) is 125 cm³/mol. The molecule has 0 aliphatic heterocycles. The number of nitrogens with one attached hydrogen (secondary N) is 1. The van der Waals surface area contributed by atoms with Crippen LogP contribution in [0.5, 0.6) is 0 Å². The van der Waals surface area contributed by atoms with Crippen molar-refractivity contribution in [1.82, 2.24) is 25.1 Å². The van der Waals surface area contributed by atoms with Crippen LogP contribution in [-0.4, -0.2) is 32.2 Å². The molecule has 182 valence electrons. The minimum absolute atomic E-state index is 0.158. The van der Waals surface area contributed by atoms with Gasteiger partial charge in [-0.05, 0) is 24.1 Å². The predicted octanol–water partition coefficient (Wildman–Crippen LogP) is 5.62. The largest absolute Gasteiger partial charge is 0.447 e. The number of thioether (sulfide) groups is 1. The number of hydrogen-bond donors (Lipinski definition) is 1. The van der Waals surface area contributed by atoms with Crippen LogP contribution < -0.4 is 5.32 Å². The Morgan fingerprint density at radius 2 is 1.89 bits per heavy atom. The average Bonchev–Trinajstić information content (AvgIpc) is 3.48. The van der Waals surface area contributed by atoms with Crippen molar-refractivity contribution < 1.29 is 22.4 Å². The van der Waals surface area contributed by atoms with Gasteiger partial charge >= 0.3 is 6.18 Å². The van der Waals surface area contributed by atoms with Gasteiger partial charge in [-0.2, -0.15) is 13.2 Å². The van der Waals surface area contributed by atoms with Crippen LogP contribution in [0.1, 0.15) is 35.8 Å². The zero-order valence-electron chi connectivity index (χ0n) is 18.9. The van der Waals surface area contributed by atoms with Crippen molar-refractivity contribution >= 4 is 17.7 Å². The highest BCUT2D eigenvalue weighted by Gasteiger charge is 2.31. The lowest BCUT2D eigenvalue weighted by atomic mass is 10.1. The first kappa shape index (κ1) is 24.5. The molecule has 0 bridgehead atoms. The zero-order chi connectivity index (χ0) is 25.0. The van der Waals surface area contributed by atoms with Crippen molar-refractivity contribution in [3.05, 3.63) is 78.0 Å². The molecule has 0 aliphatic rings. The van der Waals surface area contributed by atoms with Gasteiger partial charge in [0.2, 0.25) is 5.89 Å². The van der Waals surface area contributed by atoms with E-state index < -0.39 is 11.7 Å². The molecular weight excluding hydrogens is 479 g/mol. The van der Waals surface area contributed by atoms with Crippen molar-refractivity contribution in [2.24, 2.45) is 5.92 Å². The molecule has 0 spiro atoms. The van der Waals surface area contributed by atoms with E-state index in [1.807, 2.05) is 32.0 Å². The Bertz CT molecular complexity index is 1300. The molecule has 1 N–H and O–H groups in total. The lowest BCUT2D eigenvalue weighted by Gasteiger charge is -2.13. The minimum Gasteiger partial charge on any atom is -0.447 e. The van der Waals surface area contributed by atoms with Crippen molar-refractivity contribution in [2.45, 2.75) is 30.9 Å². The summed E-state index contributed by atoms with van der Waals surface area (Å²) in [7, 11) is 0. The molecule has 0 atom stereocenters. The number of carbonyl (C=O) groups excluding carboxylic acids is 1. The molecule has 0 saturated heterocycles. The van der Waals surface area contributed by atoms with Crippen molar-refractivity contribution in [2.75, 3.05) is 6.54 Å². The number of amides is 1. The van der Waals surface area contributed by atoms with Gasteiger partial charge in [-0.1, -0.05) is 62.0 Å². The maximum absolute atomic E-state index is 13.4. The minimum atomic E-state index is -4.49. The monoisotopic (exact) mass is 501 g/mol. The zero-order valence-corrected chi connectivity index (χ0v) is 19.7. The van der Waals surface area contributed by atoms with E-state index in [1.165, 1.54) is 24.1 Å². The fourth-order valence-corrected chi connectivity index (χ4v) is 3.99. The van der Waals surface area contributed by atoms with Crippen molar-refractivity contribution in [1.29, 1.82) is 0 Å². The number of nitrogens with zero attached hydrogens (tertiary/aromatic N) is 4. The summed E-state index contributed by atoms with van der Waals surface area (Å²) in [5, 5.41) is 11.6. The fourth-order valence-electron chi connectivity index (χ4n) is 3.19. The van der Waals surface area contributed by atoms with Gasteiger partial charge in [-0.25, -0.2) is 4.98 Å². The van der Waals surface area contributed by atoms with Crippen molar-refractivity contribution in [3.8, 4) is 17.1 Å². The average molecular weight is 502 g/mol. The molecule has 4 aromatic rings. The number of aromatic nitrogens is 4. The summed E-state index contributed by atoms with van der Waals surface area (Å²) in [6, 6.07) is 14.1. The second kappa shape index (κ2) is 10.3. The highest BCUT2D eigenvalue weighted by Crippen LogP contribution is 2.34. The van der Waals surface area contributed by atoms with E-state index in [-0.39, 0.29) is 28.9 Å². The molecular formula is C24H22F3N5O2S. The molecule has 0 unspecified atom stereocenters. The lowest BCUT2D eigenvalue weighted by molar-refractivity contribution is -0.137. The van der Waals surface area contributed by atoms with Crippen LogP contribution in [0.15, 0.2) is 70.4 Å². The molecule has 2 aromatic carbocycles. The van der Waals surface area contributed by atoms with Crippen molar-refractivity contribution in [3.63, 3.8) is 0 Å². The second-order valence-electron chi connectivity index (χ2n) is 8.07. The number of halogens is 3. The van der Waals surface area contributed by atoms with Gasteiger partial charge in [0.15, 0.2) is 16.7 Å². The van der Waals surface area contributed by atoms with Gasteiger partial charge in [0.25, 0.3) is 5.91 Å². The van der Waals surface area contributed by atoms with Gasteiger partial charge in [0.05, 0.1) is 17.0 Å². The van der Waals surface area contributed by atoms with Gasteiger partial charge in [0, 0.05) is 12.1 Å². The standard InChI is InChI=1S/C24H22F3N5O2S/c1-15(2)12-28-22(33)19-13-34-20(29-19)14-35-23-31-30-21(16-7-4-3-5-8-16)32(23)18-10-6-9-17(11-18)24(25,26)27/h3-11,13,15H,12,14H2,1-2H3,(H,28,33). The Labute approximate surface area is 203 Å². The highest BCUT2D eigenvalue weighted by molar-refractivity contribution is 7.98.